The first-order valence-electron chi connectivity index (χ1n) is 13.6. The summed E-state index contributed by atoms with van der Waals surface area (Å²) in [5.41, 5.74) is 2.10. The molecule has 220 valence electrons. The van der Waals surface area contributed by atoms with Gasteiger partial charge in [-0.15, -0.1) is 0 Å². The van der Waals surface area contributed by atoms with Crippen molar-refractivity contribution in [1.29, 1.82) is 0 Å². The molecule has 0 saturated carbocycles. The molecule has 0 aliphatic rings. The molecule has 0 bridgehead atoms. The fourth-order valence-electron chi connectivity index (χ4n) is 4.16. The zero-order valence-corrected chi connectivity index (χ0v) is 25.7. The van der Waals surface area contributed by atoms with Crippen LogP contribution in [-0.4, -0.2) is 50.4 Å². The van der Waals surface area contributed by atoms with E-state index in [2.05, 4.69) is 5.32 Å². The van der Waals surface area contributed by atoms with Crippen LogP contribution in [-0.2, 0) is 26.2 Å². The van der Waals surface area contributed by atoms with Crippen LogP contribution in [0.25, 0.3) is 0 Å². The maximum absolute atomic E-state index is 14.0. The zero-order chi connectivity index (χ0) is 30.2. The summed E-state index contributed by atoms with van der Waals surface area (Å²) in [5.74, 6) is -0.260. The lowest BCUT2D eigenvalue weighted by Gasteiger charge is -2.32. The minimum atomic E-state index is -4.19. The molecule has 10 heteroatoms. The van der Waals surface area contributed by atoms with Crippen LogP contribution in [0.1, 0.15) is 45.2 Å². The van der Waals surface area contributed by atoms with Crippen molar-refractivity contribution in [2.75, 3.05) is 17.5 Å². The molecule has 0 fully saturated rings. The normalized spacial score (nSPS) is 12.7. The Morgan fingerprint density at radius 1 is 0.951 bits per heavy atom. The molecule has 3 rings (SSSR count). The van der Waals surface area contributed by atoms with Gasteiger partial charge in [0, 0.05) is 17.6 Å². The molecule has 2 amide bonds. The van der Waals surface area contributed by atoms with E-state index in [-0.39, 0.29) is 29.1 Å². The van der Waals surface area contributed by atoms with Gasteiger partial charge >= 0.3 is 0 Å². The third-order valence-electron chi connectivity index (χ3n) is 6.89. The Balaban J connectivity index is 2.04. The first-order valence-corrected chi connectivity index (χ1v) is 15.4. The third kappa shape index (κ3) is 8.24. The molecule has 0 aliphatic carbocycles. The molecule has 8 nitrogen and oxygen atoms in total. The lowest BCUT2D eigenvalue weighted by molar-refractivity contribution is -0.139. The quantitative estimate of drug-likeness (QED) is 0.277. The number of nitrogens with zero attached hydrogens (tertiary/aromatic N) is 2. The maximum Gasteiger partial charge on any atom is 0.264 e. The van der Waals surface area contributed by atoms with Gasteiger partial charge in [-0.1, -0.05) is 42.8 Å². The SMILES string of the molecule is CCOc1ccc(N(CC(=O)N(Cc2ccccc2C)[C@H](C)C(=O)N[C@@H](C)CC)S(=O)(=O)c2ccc(Cl)cc2)cc1. The molecule has 3 aromatic carbocycles. The number of rotatable bonds is 13. The third-order valence-corrected chi connectivity index (χ3v) is 8.93. The number of carbonyl (C=O) groups is 2. The summed E-state index contributed by atoms with van der Waals surface area (Å²) in [6.45, 7) is 9.36. The van der Waals surface area contributed by atoms with Crippen molar-refractivity contribution in [2.45, 2.75) is 64.6 Å². The number of hydrogen-bond acceptors (Lipinski definition) is 5. The van der Waals surface area contributed by atoms with Gasteiger partial charge in [-0.25, -0.2) is 8.42 Å². The number of halogens is 1. The van der Waals surface area contributed by atoms with Gasteiger partial charge in [0.15, 0.2) is 0 Å². The largest absolute Gasteiger partial charge is 0.494 e. The number of sulfonamides is 1. The van der Waals surface area contributed by atoms with Crippen LogP contribution in [0, 0.1) is 6.92 Å². The Morgan fingerprint density at radius 2 is 1.59 bits per heavy atom. The van der Waals surface area contributed by atoms with Gasteiger partial charge in [0.1, 0.15) is 18.3 Å². The van der Waals surface area contributed by atoms with Crippen LogP contribution < -0.4 is 14.4 Å². The topological polar surface area (TPSA) is 96.0 Å². The molecule has 3 aromatic rings. The lowest BCUT2D eigenvalue weighted by atomic mass is 10.1. The molecule has 0 saturated heterocycles. The monoisotopic (exact) mass is 599 g/mol. The van der Waals surface area contributed by atoms with Crippen molar-refractivity contribution in [2.24, 2.45) is 0 Å². The summed E-state index contributed by atoms with van der Waals surface area (Å²) in [6, 6.07) is 18.9. The highest BCUT2D eigenvalue weighted by Crippen LogP contribution is 2.27. The van der Waals surface area contributed by atoms with Crippen LogP contribution in [0.15, 0.2) is 77.7 Å². The van der Waals surface area contributed by atoms with Gasteiger partial charge in [-0.3, -0.25) is 13.9 Å². The maximum atomic E-state index is 14.0. The van der Waals surface area contributed by atoms with E-state index in [4.69, 9.17) is 16.3 Å². The second-order valence-electron chi connectivity index (χ2n) is 9.83. The van der Waals surface area contributed by atoms with E-state index in [1.54, 1.807) is 31.2 Å². The molecule has 0 unspecified atom stereocenters. The second-order valence-corrected chi connectivity index (χ2v) is 12.1. The van der Waals surface area contributed by atoms with E-state index in [9.17, 15) is 18.0 Å². The number of amides is 2. The van der Waals surface area contributed by atoms with Crippen molar-refractivity contribution in [3.8, 4) is 5.75 Å². The van der Waals surface area contributed by atoms with Crippen LogP contribution in [0.4, 0.5) is 5.69 Å². The summed E-state index contributed by atoms with van der Waals surface area (Å²) >= 11 is 6.01. The van der Waals surface area contributed by atoms with Gasteiger partial charge in [0.25, 0.3) is 10.0 Å². The van der Waals surface area contributed by atoms with Gasteiger partial charge in [0.05, 0.1) is 17.2 Å². The van der Waals surface area contributed by atoms with Crippen LogP contribution in [0.5, 0.6) is 5.75 Å². The Bertz CT molecular complexity index is 1430. The average molecular weight is 600 g/mol. The number of anilines is 1. The molecule has 0 radical (unpaired) electrons. The molecule has 0 aromatic heterocycles. The van der Waals surface area contributed by atoms with E-state index in [0.29, 0.717) is 17.4 Å². The first-order chi connectivity index (χ1) is 19.5. The van der Waals surface area contributed by atoms with Crippen molar-refractivity contribution in [3.05, 3.63) is 88.9 Å². The highest BCUT2D eigenvalue weighted by Gasteiger charge is 2.33. The predicted octanol–water partition coefficient (Wildman–Crippen LogP) is 5.57. The van der Waals surface area contributed by atoms with Gasteiger partial charge in [-0.2, -0.15) is 0 Å². The smallest absolute Gasteiger partial charge is 0.264 e. The van der Waals surface area contributed by atoms with Crippen molar-refractivity contribution in [1.82, 2.24) is 10.2 Å². The predicted molar refractivity (Wildman–Crippen MR) is 163 cm³/mol. The van der Waals surface area contributed by atoms with Gasteiger partial charge in [-0.05, 0) is 93.8 Å². The van der Waals surface area contributed by atoms with Crippen LogP contribution >= 0.6 is 11.6 Å². The zero-order valence-electron chi connectivity index (χ0n) is 24.1. The van der Waals surface area contributed by atoms with E-state index in [1.165, 1.54) is 29.2 Å². The number of aryl methyl sites for hydroxylation is 1. The number of benzene rings is 3. The highest BCUT2D eigenvalue weighted by molar-refractivity contribution is 7.92. The Morgan fingerprint density at radius 3 is 2.17 bits per heavy atom. The molecule has 41 heavy (non-hydrogen) atoms. The molecule has 0 spiro atoms. The molecule has 1 N–H and O–H groups in total. The van der Waals surface area contributed by atoms with Crippen LogP contribution in [0.3, 0.4) is 0 Å². The lowest BCUT2D eigenvalue weighted by Crippen LogP contribution is -2.52. The highest BCUT2D eigenvalue weighted by atomic mass is 35.5. The fraction of sp³-hybridized carbons (Fsp3) is 0.355. The Kier molecular flexibility index (Phi) is 11.2. The summed E-state index contributed by atoms with van der Waals surface area (Å²) in [4.78, 5) is 28.6. The van der Waals surface area contributed by atoms with Gasteiger partial charge < -0.3 is 15.0 Å². The van der Waals surface area contributed by atoms with Crippen LogP contribution in [0.2, 0.25) is 5.02 Å². The summed E-state index contributed by atoms with van der Waals surface area (Å²) < 4.78 is 34.4. The van der Waals surface area contributed by atoms with E-state index in [0.717, 1.165) is 21.9 Å². The van der Waals surface area contributed by atoms with E-state index < -0.39 is 28.5 Å². The molecular formula is C31H38ClN3O5S. The molecular weight excluding hydrogens is 562 g/mol. The van der Waals surface area contributed by atoms with Crippen molar-refractivity contribution < 1.29 is 22.7 Å². The molecule has 0 aliphatic heterocycles. The van der Waals surface area contributed by atoms with E-state index >= 15 is 0 Å². The van der Waals surface area contributed by atoms with E-state index in [1.807, 2.05) is 52.0 Å². The first kappa shape index (κ1) is 32.0. The second kappa shape index (κ2) is 14.4. The molecule has 2 atom stereocenters. The van der Waals surface area contributed by atoms with Gasteiger partial charge in [0.2, 0.25) is 11.8 Å². The molecule has 0 heterocycles. The number of nitrogens with one attached hydrogen (secondary N) is 1. The Hall–Kier alpha value is -3.56. The number of hydrogen-bond donors (Lipinski definition) is 1. The number of ether oxygens (including phenoxy) is 1. The summed E-state index contributed by atoms with van der Waals surface area (Å²) in [6.07, 6.45) is 0.731. The summed E-state index contributed by atoms with van der Waals surface area (Å²) in [5, 5.41) is 3.33. The minimum Gasteiger partial charge on any atom is -0.494 e. The Labute approximate surface area is 248 Å². The fourth-order valence-corrected chi connectivity index (χ4v) is 5.70. The standard InChI is InChI=1S/C31H38ClN3O5S/c1-6-23(4)33-31(37)24(5)34(20-25-11-9-8-10-22(25)3)30(36)21-35(27-14-16-28(17-15-27)40-7-2)41(38,39)29-18-12-26(32)13-19-29/h8-19,23-24H,6-7,20-21H2,1-5H3,(H,33,37)/t23-,24+/m0/s1. The minimum absolute atomic E-state index is 0.0170. The van der Waals surface area contributed by atoms with Crippen molar-refractivity contribution >= 4 is 39.1 Å². The summed E-state index contributed by atoms with van der Waals surface area (Å²) in [7, 11) is -4.19. The average Bonchev–Trinajstić information content (AvgIpc) is 2.95. The van der Waals surface area contributed by atoms with Crippen molar-refractivity contribution in [3.63, 3.8) is 0 Å². The number of carbonyl (C=O) groups excluding carboxylic acids is 2.